The van der Waals surface area contributed by atoms with Crippen molar-refractivity contribution in [1.82, 2.24) is 5.01 Å². The number of thioether (sulfide) groups is 1. The monoisotopic (exact) mass is 453 g/mol. The quantitative estimate of drug-likeness (QED) is 0.510. The zero-order valence-corrected chi connectivity index (χ0v) is 18.3. The first kappa shape index (κ1) is 21.2. The Balaban J connectivity index is 1.48. The fourth-order valence-corrected chi connectivity index (χ4v) is 4.19. The van der Waals surface area contributed by atoms with E-state index in [1.54, 1.807) is 6.26 Å². The molecule has 0 saturated heterocycles. The summed E-state index contributed by atoms with van der Waals surface area (Å²) in [5.74, 6) is 0.698. The number of amides is 2. The van der Waals surface area contributed by atoms with E-state index >= 15 is 0 Å². The minimum Gasteiger partial charge on any atom is -0.467 e. The van der Waals surface area contributed by atoms with Gasteiger partial charge in [-0.25, -0.2) is 5.01 Å². The molecular formula is C23H20ClN3O3S. The maximum Gasteiger partial charge on any atom is 0.253 e. The zero-order chi connectivity index (χ0) is 21.8. The van der Waals surface area contributed by atoms with Gasteiger partial charge in [-0.15, -0.1) is 11.8 Å². The van der Waals surface area contributed by atoms with Crippen LogP contribution in [0.25, 0.3) is 0 Å². The first-order valence-electron chi connectivity index (χ1n) is 9.69. The highest BCUT2D eigenvalue weighted by atomic mass is 35.5. The molecule has 1 aliphatic rings. The molecule has 158 valence electrons. The van der Waals surface area contributed by atoms with Crippen molar-refractivity contribution in [3.8, 4) is 0 Å². The maximum atomic E-state index is 13.0. The highest BCUT2D eigenvalue weighted by Crippen LogP contribution is 2.34. The number of carbonyl (C=O) groups is 2. The van der Waals surface area contributed by atoms with Crippen LogP contribution in [0.5, 0.6) is 0 Å². The van der Waals surface area contributed by atoms with E-state index < -0.39 is 0 Å². The van der Waals surface area contributed by atoms with Crippen LogP contribution in [0.2, 0.25) is 5.02 Å². The van der Waals surface area contributed by atoms with Crippen LogP contribution < -0.4 is 5.32 Å². The van der Waals surface area contributed by atoms with Gasteiger partial charge in [-0.05, 0) is 54.1 Å². The van der Waals surface area contributed by atoms with Crippen LogP contribution in [-0.2, 0) is 9.59 Å². The Bertz CT molecular complexity index is 1100. The largest absolute Gasteiger partial charge is 0.467 e. The van der Waals surface area contributed by atoms with Gasteiger partial charge in [-0.3, -0.25) is 9.59 Å². The summed E-state index contributed by atoms with van der Waals surface area (Å²) in [6.07, 6.45) is 2.17. The Kier molecular flexibility index (Phi) is 6.44. The molecule has 8 heteroatoms. The van der Waals surface area contributed by atoms with Gasteiger partial charge >= 0.3 is 0 Å². The summed E-state index contributed by atoms with van der Waals surface area (Å²) in [4.78, 5) is 25.1. The molecule has 1 unspecified atom stereocenters. The summed E-state index contributed by atoms with van der Waals surface area (Å²) in [6, 6.07) is 18.2. The van der Waals surface area contributed by atoms with Gasteiger partial charge in [0, 0.05) is 29.0 Å². The predicted octanol–water partition coefficient (Wildman–Crippen LogP) is 5.36. The Hall–Kier alpha value is -3.03. The molecule has 0 aliphatic carbocycles. The molecular weight excluding hydrogens is 434 g/mol. The first-order chi connectivity index (χ1) is 15.0. The van der Waals surface area contributed by atoms with Gasteiger partial charge in [0.25, 0.3) is 5.91 Å². The number of hydrogen-bond donors (Lipinski definition) is 1. The molecule has 1 aliphatic heterocycles. The van der Waals surface area contributed by atoms with Crippen molar-refractivity contribution in [2.45, 2.75) is 24.3 Å². The molecule has 31 heavy (non-hydrogen) atoms. The Morgan fingerprint density at radius 2 is 1.90 bits per heavy atom. The lowest BCUT2D eigenvalue weighted by atomic mass is 10.0. The molecule has 1 atom stereocenters. The van der Waals surface area contributed by atoms with Crippen molar-refractivity contribution in [3.05, 3.63) is 83.3 Å². The van der Waals surface area contributed by atoms with Crippen molar-refractivity contribution in [2.24, 2.45) is 5.10 Å². The summed E-state index contributed by atoms with van der Waals surface area (Å²) < 4.78 is 5.58. The van der Waals surface area contributed by atoms with Crippen LogP contribution in [0.15, 0.2) is 81.3 Å². The van der Waals surface area contributed by atoms with Crippen LogP contribution in [-0.4, -0.2) is 28.3 Å². The Labute approximate surface area is 189 Å². The van der Waals surface area contributed by atoms with E-state index in [4.69, 9.17) is 16.0 Å². The summed E-state index contributed by atoms with van der Waals surface area (Å²) in [6.45, 7) is 1.46. The number of nitrogens with zero attached hydrogens (tertiary/aromatic N) is 2. The van der Waals surface area contributed by atoms with E-state index in [0.29, 0.717) is 17.2 Å². The van der Waals surface area contributed by atoms with Gasteiger partial charge < -0.3 is 9.73 Å². The van der Waals surface area contributed by atoms with E-state index in [1.807, 2.05) is 60.7 Å². The van der Waals surface area contributed by atoms with Crippen LogP contribution in [0, 0.1) is 0 Å². The fourth-order valence-electron chi connectivity index (χ4n) is 3.31. The van der Waals surface area contributed by atoms with Crippen molar-refractivity contribution in [2.75, 3.05) is 11.1 Å². The molecule has 0 fully saturated rings. The molecule has 4 rings (SSSR count). The average Bonchev–Trinajstić information content (AvgIpc) is 3.43. The lowest BCUT2D eigenvalue weighted by molar-refractivity contribution is -0.130. The number of nitrogens with one attached hydrogen (secondary N) is 1. The number of hydrazone groups is 1. The van der Waals surface area contributed by atoms with Crippen LogP contribution >= 0.6 is 23.4 Å². The zero-order valence-electron chi connectivity index (χ0n) is 16.7. The second kappa shape index (κ2) is 9.41. The smallest absolute Gasteiger partial charge is 0.253 e. The van der Waals surface area contributed by atoms with E-state index in [1.165, 1.54) is 23.7 Å². The van der Waals surface area contributed by atoms with E-state index in [-0.39, 0.29) is 23.6 Å². The minimum atomic E-state index is -0.282. The van der Waals surface area contributed by atoms with Crippen molar-refractivity contribution >= 4 is 46.6 Å². The molecule has 1 aromatic heterocycles. The Morgan fingerprint density at radius 1 is 1.16 bits per heavy atom. The third-order valence-electron chi connectivity index (χ3n) is 4.75. The van der Waals surface area contributed by atoms with E-state index in [0.717, 1.165) is 21.9 Å². The van der Waals surface area contributed by atoms with Crippen LogP contribution in [0.1, 0.15) is 30.7 Å². The van der Waals surface area contributed by atoms with Crippen LogP contribution in [0.4, 0.5) is 5.69 Å². The number of hydrogen-bond acceptors (Lipinski definition) is 5. The van der Waals surface area contributed by atoms with E-state index in [2.05, 4.69) is 10.4 Å². The van der Waals surface area contributed by atoms with Gasteiger partial charge in [0.1, 0.15) is 11.8 Å². The molecule has 0 saturated carbocycles. The van der Waals surface area contributed by atoms with E-state index in [9.17, 15) is 9.59 Å². The topological polar surface area (TPSA) is 74.9 Å². The molecule has 0 spiro atoms. The van der Waals surface area contributed by atoms with Gasteiger partial charge in [-0.2, -0.15) is 5.10 Å². The number of rotatable bonds is 6. The number of carbonyl (C=O) groups excluding carboxylic acids is 2. The number of benzene rings is 2. The summed E-state index contributed by atoms with van der Waals surface area (Å²) in [5, 5.41) is 9.51. The standard InChI is InChI=1S/C23H20ClN3O3S/c1-15(28)25-18-8-10-19(11-9-18)31-14-23(29)27-21(22-3-2-12-30-22)13-20(26-27)16-4-6-17(24)7-5-16/h2-12,21H,13-14H2,1H3,(H,25,28). The molecule has 6 nitrogen and oxygen atoms in total. The normalized spacial score (nSPS) is 15.6. The fraction of sp³-hybridized carbons (Fsp3) is 0.174. The highest BCUT2D eigenvalue weighted by molar-refractivity contribution is 8.00. The minimum absolute atomic E-state index is 0.110. The van der Waals surface area contributed by atoms with Crippen molar-refractivity contribution in [3.63, 3.8) is 0 Å². The number of halogens is 1. The molecule has 2 heterocycles. The Morgan fingerprint density at radius 3 is 2.55 bits per heavy atom. The van der Waals surface area contributed by atoms with Gasteiger partial charge in [0.15, 0.2) is 0 Å². The van der Waals surface area contributed by atoms with Gasteiger partial charge in [0.2, 0.25) is 5.91 Å². The summed E-state index contributed by atoms with van der Waals surface area (Å²) >= 11 is 7.42. The molecule has 0 radical (unpaired) electrons. The molecule has 3 aromatic rings. The lowest BCUT2D eigenvalue weighted by Gasteiger charge is -2.19. The predicted molar refractivity (Wildman–Crippen MR) is 122 cm³/mol. The lowest BCUT2D eigenvalue weighted by Crippen LogP contribution is -2.28. The average molecular weight is 454 g/mol. The molecule has 2 aromatic carbocycles. The second-order valence-electron chi connectivity index (χ2n) is 7.02. The SMILES string of the molecule is CC(=O)Nc1ccc(SCC(=O)N2N=C(c3ccc(Cl)cc3)CC2c2ccco2)cc1. The summed E-state index contributed by atoms with van der Waals surface area (Å²) in [7, 11) is 0. The highest BCUT2D eigenvalue weighted by Gasteiger charge is 2.34. The van der Waals surface area contributed by atoms with Crippen LogP contribution in [0.3, 0.4) is 0 Å². The molecule has 0 bridgehead atoms. The third kappa shape index (κ3) is 5.18. The number of furan rings is 1. The number of anilines is 1. The van der Waals surface area contributed by atoms with Crippen molar-refractivity contribution < 1.29 is 14.0 Å². The second-order valence-corrected chi connectivity index (χ2v) is 8.51. The first-order valence-corrected chi connectivity index (χ1v) is 11.1. The van der Waals surface area contributed by atoms with Gasteiger partial charge in [0.05, 0.1) is 17.7 Å². The third-order valence-corrected chi connectivity index (χ3v) is 6.00. The summed E-state index contributed by atoms with van der Waals surface area (Å²) in [5.41, 5.74) is 2.46. The molecule has 1 N–H and O–H groups in total. The molecule has 2 amide bonds. The van der Waals surface area contributed by atoms with Gasteiger partial charge in [-0.1, -0.05) is 23.7 Å². The van der Waals surface area contributed by atoms with Crippen molar-refractivity contribution in [1.29, 1.82) is 0 Å². The maximum absolute atomic E-state index is 13.0.